The highest BCUT2D eigenvalue weighted by Crippen LogP contribution is 2.35. The maximum absolute atomic E-state index is 12.4. The average Bonchev–Trinajstić information content (AvgIpc) is 2.93. The molecule has 2 fully saturated rings. The maximum Gasteiger partial charge on any atom is 0.269 e. The number of carbonyl (C=O) groups excluding carboxylic acids is 1. The minimum atomic E-state index is -0.432. The number of nitrogens with two attached hydrogens (primary N) is 1. The second kappa shape index (κ2) is 7.27. The minimum Gasteiger partial charge on any atom is -0.342 e. The van der Waals surface area contributed by atoms with Crippen molar-refractivity contribution in [1.82, 2.24) is 4.90 Å². The van der Waals surface area contributed by atoms with E-state index in [2.05, 4.69) is 0 Å². The molecule has 1 saturated heterocycles. The topological polar surface area (TPSA) is 89.5 Å². The molecule has 23 heavy (non-hydrogen) atoms. The summed E-state index contributed by atoms with van der Waals surface area (Å²) in [5.74, 6) is 1.08. The van der Waals surface area contributed by atoms with Gasteiger partial charge in [0.25, 0.3) is 5.69 Å². The molecule has 6 nitrogen and oxygen atoms in total. The van der Waals surface area contributed by atoms with Crippen LogP contribution in [-0.2, 0) is 11.2 Å². The number of halogens is 1. The molecular weight excluding hydrogens is 318 g/mol. The minimum absolute atomic E-state index is 0. The first-order chi connectivity index (χ1) is 10.5. The van der Waals surface area contributed by atoms with Crippen LogP contribution in [0.4, 0.5) is 5.69 Å². The predicted molar refractivity (Wildman–Crippen MR) is 89.4 cm³/mol. The van der Waals surface area contributed by atoms with E-state index in [4.69, 9.17) is 5.73 Å². The molecular formula is C16H22ClN3O3. The summed E-state index contributed by atoms with van der Waals surface area (Å²) < 4.78 is 0. The highest BCUT2D eigenvalue weighted by molar-refractivity contribution is 5.85. The van der Waals surface area contributed by atoms with Crippen molar-refractivity contribution >= 4 is 24.0 Å². The molecule has 1 aliphatic heterocycles. The van der Waals surface area contributed by atoms with Crippen molar-refractivity contribution in [3.05, 3.63) is 39.9 Å². The average molecular weight is 340 g/mol. The highest BCUT2D eigenvalue weighted by atomic mass is 35.5. The Morgan fingerprint density at radius 2 is 1.96 bits per heavy atom. The zero-order chi connectivity index (χ0) is 15.7. The zero-order valence-electron chi connectivity index (χ0n) is 12.9. The maximum atomic E-state index is 12.4. The fraction of sp³-hybridized carbons (Fsp3) is 0.562. The lowest BCUT2D eigenvalue weighted by Gasteiger charge is -2.29. The summed E-state index contributed by atoms with van der Waals surface area (Å²) in [6, 6.07) is 6.43. The highest BCUT2D eigenvalue weighted by Gasteiger charge is 2.40. The Kier molecular flexibility index (Phi) is 5.59. The molecule has 0 aromatic heterocycles. The first-order valence-corrected chi connectivity index (χ1v) is 7.81. The summed E-state index contributed by atoms with van der Waals surface area (Å²) >= 11 is 0. The Balaban J connectivity index is 0.00000192. The van der Waals surface area contributed by atoms with Crippen molar-refractivity contribution < 1.29 is 9.72 Å². The van der Waals surface area contributed by atoms with Gasteiger partial charge in [-0.1, -0.05) is 18.6 Å². The number of nitro benzene ring substituents is 1. The number of nitrogens with zero attached hydrogens (tertiary/aromatic N) is 2. The van der Waals surface area contributed by atoms with Crippen LogP contribution in [0.3, 0.4) is 0 Å². The van der Waals surface area contributed by atoms with Gasteiger partial charge in [-0.25, -0.2) is 0 Å². The fourth-order valence-corrected chi connectivity index (χ4v) is 3.74. The van der Waals surface area contributed by atoms with Gasteiger partial charge in [0.2, 0.25) is 5.91 Å². The number of benzene rings is 1. The standard InChI is InChI=1S/C16H21N3O3.ClH/c17-15-3-1-2-12-9-18(10-14(12)15)16(20)8-11-4-6-13(7-5-11)19(21)22;/h4-7,12,14-15H,1-3,8-10,17H2;1H. The van der Waals surface area contributed by atoms with E-state index in [0.717, 1.165) is 31.5 Å². The van der Waals surface area contributed by atoms with Crippen LogP contribution >= 0.6 is 12.4 Å². The summed E-state index contributed by atoms with van der Waals surface area (Å²) in [7, 11) is 0. The number of likely N-dealkylation sites (tertiary alicyclic amines) is 1. The Bertz CT molecular complexity index is 578. The number of hydrogen-bond acceptors (Lipinski definition) is 4. The second-order valence-electron chi connectivity index (χ2n) is 6.42. The third-order valence-electron chi connectivity index (χ3n) is 5.01. The Hall–Kier alpha value is -1.66. The number of non-ortho nitro benzene ring substituents is 1. The SMILES string of the molecule is Cl.NC1CCCC2CN(C(=O)Cc3ccc([N+](=O)[O-])cc3)CC12. The number of carbonyl (C=O) groups is 1. The van der Waals surface area contributed by atoms with Gasteiger partial charge in [-0.3, -0.25) is 14.9 Å². The van der Waals surface area contributed by atoms with Gasteiger partial charge < -0.3 is 10.6 Å². The van der Waals surface area contributed by atoms with E-state index in [1.165, 1.54) is 18.6 Å². The molecule has 7 heteroatoms. The lowest BCUT2D eigenvalue weighted by Crippen LogP contribution is -2.38. The molecule has 3 atom stereocenters. The van der Waals surface area contributed by atoms with E-state index in [9.17, 15) is 14.9 Å². The third-order valence-corrected chi connectivity index (χ3v) is 5.01. The van der Waals surface area contributed by atoms with Crippen molar-refractivity contribution in [1.29, 1.82) is 0 Å². The first-order valence-electron chi connectivity index (χ1n) is 7.81. The molecule has 126 valence electrons. The summed E-state index contributed by atoms with van der Waals surface area (Å²) in [5, 5.41) is 10.6. The Morgan fingerprint density at radius 1 is 1.26 bits per heavy atom. The molecule has 1 aliphatic carbocycles. The van der Waals surface area contributed by atoms with Gasteiger partial charge in [-0.2, -0.15) is 0 Å². The van der Waals surface area contributed by atoms with Crippen molar-refractivity contribution in [3.8, 4) is 0 Å². The number of amides is 1. The fourth-order valence-electron chi connectivity index (χ4n) is 3.74. The number of fused-ring (bicyclic) bond motifs is 1. The number of rotatable bonds is 3. The molecule has 0 radical (unpaired) electrons. The molecule has 2 N–H and O–H groups in total. The van der Waals surface area contributed by atoms with Gasteiger partial charge in [0.15, 0.2) is 0 Å². The van der Waals surface area contributed by atoms with Gasteiger partial charge in [-0.15, -0.1) is 12.4 Å². The van der Waals surface area contributed by atoms with Crippen LogP contribution < -0.4 is 5.73 Å². The zero-order valence-corrected chi connectivity index (χ0v) is 13.7. The number of nitro groups is 1. The normalized spacial score (nSPS) is 26.3. The van der Waals surface area contributed by atoms with Crippen LogP contribution in [-0.4, -0.2) is 34.9 Å². The quantitative estimate of drug-likeness (QED) is 0.675. The lowest BCUT2D eigenvalue weighted by molar-refractivity contribution is -0.384. The summed E-state index contributed by atoms with van der Waals surface area (Å²) in [6.45, 7) is 1.57. The Labute approximate surface area is 141 Å². The van der Waals surface area contributed by atoms with Crippen LogP contribution in [0.15, 0.2) is 24.3 Å². The van der Waals surface area contributed by atoms with Crippen LogP contribution in [0, 0.1) is 22.0 Å². The third kappa shape index (κ3) is 3.82. The largest absolute Gasteiger partial charge is 0.342 e. The number of hydrogen-bond donors (Lipinski definition) is 1. The van der Waals surface area contributed by atoms with Crippen LogP contribution in [0.5, 0.6) is 0 Å². The molecule has 2 aliphatic rings. The molecule has 1 heterocycles. The van der Waals surface area contributed by atoms with Gasteiger partial charge in [0, 0.05) is 31.3 Å². The molecule has 3 rings (SSSR count). The predicted octanol–water partition coefficient (Wildman–Crippen LogP) is 2.14. The van der Waals surface area contributed by atoms with Gasteiger partial charge in [0.05, 0.1) is 11.3 Å². The van der Waals surface area contributed by atoms with Crippen molar-refractivity contribution in [2.75, 3.05) is 13.1 Å². The Morgan fingerprint density at radius 3 is 2.57 bits per heavy atom. The van der Waals surface area contributed by atoms with Crippen LogP contribution in [0.1, 0.15) is 24.8 Å². The second-order valence-corrected chi connectivity index (χ2v) is 6.42. The molecule has 0 spiro atoms. The molecule has 1 amide bonds. The monoisotopic (exact) mass is 339 g/mol. The van der Waals surface area contributed by atoms with Crippen molar-refractivity contribution in [2.24, 2.45) is 17.6 Å². The first kappa shape index (κ1) is 17.7. The van der Waals surface area contributed by atoms with Gasteiger partial charge in [-0.05, 0) is 30.2 Å². The lowest BCUT2D eigenvalue weighted by atomic mass is 9.78. The molecule has 1 aromatic rings. The van der Waals surface area contributed by atoms with Gasteiger partial charge >= 0.3 is 0 Å². The summed E-state index contributed by atoms with van der Waals surface area (Å²) in [4.78, 5) is 24.6. The summed E-state index contributed by atoms with van der Waals surface area (Å²) in [6.07, 6.45) is 3.69. The molecule has 3 unspecified atom stereocenters. The van der Waals surface area contributed by atoms with E-state index in [1.54, 1.807) is 12.1 Å². The van der Waals surface area contributed by atoms with Crippen molar-refractivity contribution in [2.45, 2.75) is 31.7 Å². The van der Waals surface area contributed by atoms with E-state index in [0.29, 0.717) is 18.3 Å². The van der Waals surface area contributed by atoms with Crippen LogP contribution in [0.25, 0.3) is 0 Å². The van der Waals surface area contributed by atoms with Crippen LogP contribution in [0.2, 0.25) is 0 Å². The molecule has 0 bridgehead atoms. The molecule has 1 aromatic carbocycles. The molecule has 1 saturated carbocycles. The van der Waals surface area contributed by atoms with E-state index < -0.39 is 4.92 Å². The van der Waals surface area contributed by atoms with E-state index in [1.807, 2.05) is 4.90 Å². The summed E-state index contributed by atoms with van der Waals surface area (Å²) in [5.41, 5.74) is 7.04. The van der Waals surface area contributed by atoms with Crippen molar-refractivity contribution in [3.63, 3.8) is 0 Å². The smallest absolute Gasteiger partial charge is 0.269 e. The van der Waals surface area contributed by atoms with E-state index >= 15 is 0 Å². The van der Waals surface area contributed by atoms with Gasteiger partial charge in [0.1, 0.15) is 0 Å². The van der Waals surface area contributed by atoms with E-state index in [-0.39, 0.29) is 30.0 Å².